The molecule has 0 radical (unpaired) electrons. The zero-order chi connectivity index (χ0) is 10.1. The summed E-state index contributed by atoms with van der Waals surface area (Å²) in [6.45, 7) is 0.553. The highest BCUT2D eigenvalue weighted by atomic mass is 79.9. The molecule has 1 fully saturated rings. The zero-order valence-electron chi connectivity index (χ0n) is 7.11. The van der Waals surface area contributed by atoms with E-state index in [-0.39, 0.29) is 11.8 Å². The fraction of sp³-hybridized carbons (Fsp3) is 0.375. The predicted molar refractivity (Wildman–Crippen MR) is 56.9 cm³/mol. The van der Waals surface area contributed by atoms with Crippen LogP contribution in [0.3, 0.4) is 0 Å². The third-order valence-electron chi connectivity index (χ3n) is 1.98. The van der Waals surface area contributed by atoms with Gasteiger partial charge in [0, 0.05) is 18.9 Å². The van der Waals surface area contributed by atoms with Crippen molar-refractivity contribution in [3.63, 3.8) is 0 Å². The van der Waals surface area contributed by atoms with Crippen molar-refractivity contribution in [2.75, 3.05) is 11.4 Å². The molecule has 0 N–H and O–H groups in total. The second-order valence-corrected chi connectivity index (χ2v) is 5.14. The van der Waals surface area contributed by atoms with Crippen LogP contribution < -0.4 is 4.90 Å². The highest BCUT2D eigenvalue weighted by Gasteiger charge is 2.31. The number of amides is 1. The summed E-state index contributed by atoms with van der Waals surface area (Å²) < 4.78 is 0.671. The van der Waals surface area contributed by atoms with E-state index in [4.69, 9.17) is 6.42 Å². The van der Waals surface area contributed by atoms with Crippen LogP contribution in [-0.2, 0) is 4.79 Å². The van der Waals surface area contributed by atoms with E-state index < -0.39 is 0 Å². The lowest BCUT2D eigenvalue weighted by Gasteiger charge is -2.09. The Labute approximate surface area is 93.5 Å². The molecule has 1 aromatic heterocycles. The van der Waals surface area contributed by atoms with Crippen LogP contribution in [0.5, 0.6) is 0 Å². The average Bonchev–Trinajstić information content (AvgIpc) is 2.71. The minimum atomic E-state index is 0.00479. The Kier molecular flexibility index (Phi) is 2.52. The van der Waals surface area contributed by atoms with Crippen molar-refractivity contribution >= 4 is 38.3 Å². The van der Waals surface area contributed by atoms with Crippen molar-refractivity contribution in [2.45, 2.75) is 6.42 Å². The van der Waals surface area contributed by atoms with E-state index in [2.05, 4.69) is 32.0 Å². The van der Waals surface area contributed by atoms with Gasteiger partial charge in [0.1, 0.15) is 0 Å². The van der Waals surface area contributed by atoms with Gasteiger partial charge in [0.25, 0.3) is 0 Å². The first-order valence-corrected chi connectivity index (χ1v) is 5.57. The predicted octanol–water partition coefficient (Wildman–Crippen LogP) is 1.29. The number of carbonyl (C=O) groups is 1. The Hall–Kier alpha value is -0.930. The van der Waals surface area contributed by atoms with E-state index in [0.29, 0.717) is 22.0 Å². The van der Waals surface area contributed by atoms with Crippen LogP contribution in [0, 0.1) is 18.3 Å². The zero-order valence-corrected chi connectivity index (χ0v) is 9.51. The van der Waals surface area contributed by atoms with Crippen LogP contribution in [0.4, 0.5) is 5.13 Å². The molecule has 4 nitrogen and oxygen atoms in total. The van der Waals surface area contributed by atoms with Crippen molar-refractivity contribution in [1.82, 2.24) is 10.2 Å². The molecule has 1 saturated heterocycles. The fourth-order valence-corrected chi connectivity index (χ4v) is 2.43. The molecule has 6 heteroatoms. The molecule has 0 bridgehead atoms. The number of terminal acetylenes is 1. The maximum atomic E-state index is 11.5. The maximum absolute atomic E-state index is 11.5. The Morgan fingerprint density at radius 2 is 2.43 bits per heavy atom. The SMILES string of the molecule is C#CC1CC(=O)N(c2nnc(Br)s2)C1. The smallest absolute Gasteiger partial charge is 0.230 e. The molecule has 0 aromatic carbocycles. The molecule has 1 atom stereocenters. The van der Waals surface area contributed by atoms with Gasteiger partial charge in [-0.25, -0.2) is 0 Å². The molecule has 2 heterocycles. The summed E-state index contributed by atoms with van der Waals surface area (Å²) in [6.07, 6.45) is 5.68. The summed E-state index contributed by atoms with van der Waals surface area (Å²) in [6, 6.07) is 0. The summed E-state index contributed by atoms with van der Waals surface area (Å²) in [4.78, 5) is 13.1. The summed E-state index contributed by atoms with van der Waals surface area (Å²) in [5.74, 6) is 2.61. The molecular formula is C8H6BrN3OS. The number of aromatic nitrogens is 2. The van der Waals surface area contributed by atoms with Crippen LogP contribution in [-0.4, -0.2) is 22.6 Å². The Morgan fingerprint density at radius 1 is 1.64 bits per heavy atom. The molecule has 0 spiro atoms. The normalized spacial score (nSPS) is 21.3. The van der Waals surface area contributed by atoms with E-state index in [1.54, 1.807) is 4.90 Å². The Bertz CT molecular complexity index is 411. The number of hydrogen-bond acceptors (Lipinski definition) is 4. The maximum Gasteiger partial charge on any atom is 0.230 e. The van der Waals surface area contributed by atoms with Crippen LogP contribution in [0.1, 0.15) is 6.42 Å². The minimum Gasteiger partial charge on any atom is -0.285 e. The van der Waals surface area contributed by atoms with Gasteiger partial charge >= 0.3 is 0 Å². The second kappa shape index (κ2) is 3.67. The van der Waals surface area contributed by atoms with Crippen molar-refractivity contribution < 1.29 is 4.79 Å². The van der Waals surface area contributed by atoms with E-state index in [9.17, 15) is 4.79 Å². The lowest BCUT2D eigenvalue weighted by molar-refractivity contribution is -0.117. The third-order valence-corrected chi connectivity index (χ3v) is 3.36. The highest BCUT2D eigenvalue weighted by molar-refractivity contribution is 9.11. The molecule has 14 heavy (non-hydrogen) atoms. The van der Waals surface area contributed by atoms with Crippen LogP contribution >= 0.6 is 27.3 Å². The average molecular weight is 272 g/mol. The number of hydrogen-bond donors (Lipinski definition) is 0. The monoisotopic (exact) mass is 271 g/mol. The molecule has 0 aliphatic carbocycles. The highest BCUT2D eigenvalue weighted by Crippen LogP contribution is 2.29. The standard InChI is InChI=1S/C8H6BrN3OS/c1-2-5-3-6(13)12(4-5)8-11-10-7(9)14-8/h1,5H,3-4H2. The molecule has 2 rings (SSSR count). The summed E-state index contributed by atoms with van der Waals surface area (Å²) in [5, 5.41) is 8.27. The molecule has 1 amide bonds. The Morgan fingerprint density at radius 3 is 2.93 bits per heavy atom. The summed E-state index contributed by atoms with van der Waals surface area (Å²) in [7, 11) is 0. The van der Waals surface area contributed by atoms with Gasteiger partial charge in [0.15, 0.2) is 3.92 Å². The number of rotatable bonds is 1. The number of carbonyl (C=O) groups excluding carboxylic acids is 1. The third kappa shape index (κ3) is 1.65. The fourth-order valence-electron chi connectivity index (χ4n) is 1.31. The van der Waals surface area contributed by atoms with E-state index in [1.807, 2.05) is 0 Å². The molecule has 1 aliphatic heterocycles. The van der Waals surface area contributed by atoms with Gasteiger partial charge in [-0.2, -0.15) is 0 Å². The summed E-state index contributed by atoms with van der Waals surface area (Å²) in [5.41, 5.74) is 0. The van der Waals surface area contributed by atoms with Gasteiger partial charge in [-0.15, -0.1) is 22.5 Å². The van der Waals surface area contributed by atoms with E-state index >= 15 is 0 Å². The molecule has 1 aromatic rings. The van der Waals surface area contributed by atoms with Crippen LogP contribution in [0.2, 0.25) is 0 Å². The number of anilines is 1. The summed E-state index contributed by atoms with van der Waals surface area (Å²) >= 11 is 4.53. The second-order valence-electron chi connectivity index (χ2n) is 2.91. The van der Waals surface area contributed by atoms with Crippen LogP contribution in [0.15, 0.2) is 3.92 Å². The minimum absolute atomic E-state index is 0.00479. The quantitative estimate of drug-likeness (QED) is 0.724. The van der Waals surface area contributed by atoms with Gasteiger partial charge in [0.05, 0.1) is 0 Å². The van der Waals surface area contributed by atoms with Gasteiger partial charge in [-0.3, -0.25) is 9.69 Å². The number of nitrogens with zero attached hydrogens (tertiary/aromatic N) is 3. The van der Waals surface area contributed by atoms with Crippen molar-refractivity contribution in [1.29, 1.82) is 0 Å². The van der Waals surface area contributed by atoms with Gasteiger partial charge in [-0.1, -0.05) is 11.3 Å². The van der Waals surface area contributed by atoms with E-state index in [1.165, 1.54) is 11.3 Å². The van der Waals surface area contributed by atoms with Gasteiger partial charge in [0.2, 0.25) is 11.0 Å². The molecular weight excluding hydrogens is 266 g/mol. The van der Waals surface area contributed by atoms with Crippen LogP contribution in [0.25, 0.3) is 0 Å². The Balaban J connectivity index is 2.21. The molecule has 72 valence electrons. The topological polar surface area (TPSA) is 46.1 Å². The molecule has 1 aliphatic rings. The van der Waals surface area contributed by atoms with Gasteiger partial charge < -0.3 is 0 Å². The first-order chi connectivity index (χ1) is 6.70. The molecule has 1 unspecified atom stereocenters. The molecule has 0 saturated carbocycles. The van der Waals surface area contributed by atoms with Gasteiger partial charge in [-0.05, 0) is 15.9 Å². The van der Waals surface area contributed by atoms with Crippen molar-refractivity contribution in [3.8, 4) is 12.3 Å². The first-order valence-electron chi connectivity index (χ1n) is 3.96. The van der Waals surface area contributed by atoms with E-state index in [0.717, 1.165) is 0 Å². The first kappa shape index (κ1) is 9.62. The largest absolute Gasteiger partial charge is 0.285 e. The van der Waals surface area contributed by atoms with Crippen molar-refractivity contribution in [2.24, 2.45) is 5.92 Å². The number of halogens is 1. The van der Waals surface area contributed by atoms with Crippen molar-refractivity contribution in [3.05, 3.63) is 3.92 Å². The lowest BCUT2D eigenvalue weighted by Crippen LogP contribution is -2.24. The lowest BCUT2D eigenvalue weighted by atomic mass is 10.1.